The van der Waals surface area contributed by atoms with Crippen molar-refractivity contribution in [3.05, 3.63) is 59.2 Å². The van der Waals surface area contributed by atoms with Crippen LogP contribution in [0.15, 0.2) is 47.4 Å². The summed E-state index contributed by atoms with van der Waals surface area (Å²) in [6.45, 7) is 3.66. The topological polar surface area (TPSA) is 72.5 Å². The second kappa shape index (κ2) is 6.28. The third kappa shape index (κ3) is 2.85. The molecule has 1 heterocycles. The molecule has 2 aromatic carbocycles. The normalized spacial score (nSPS) is 20.7. The monoisotopic (exact) mass is 359 g/mol. The van der Waals surface area contributed by atoms with Gasteiger partial charge in [-0.3, -0.25) is 10.1 Å². The molecule has 0 radical (unpaired) electrons. The Balaban J connectivity index is 2.13. The van der Waals surface area contributed by atoms with Gasteiger partial charge in [-0.05, 0) is 61.7 Å². The zero-order valence-electron chi connectivity index (χ0n) is 14.5. The minimum Gasteiger partial charge on any atom is -0.497 e. The van der Waals surface area contributed by atoms with Gasteiger partial charge in [0.25, 0.3) is 0 Å². The fourth-order valence-corrected chi connectivity index (χ4v) is 4.85. The SMILES string of the molecule is COc1ccc2c(c1)CCNC(C)(S(=O)(=O)c1cccc(C)c1)C2=O. The van der Waals surface area contributed by atoms with Crippen molar-refractivity contribution in [1.82, 2.24) is 5.32 Å². The number of ether oxygens (including phenoxy) is 1. The van der Waals surface area contributed by atoms with E-state index in [0.29, 0.717) is 24.3 Å². The molecule has 0 spiro atoms. The van der Waals surface area contributed by atoms with Crippen LogP contribution in [0.5, 0.6) is 5.75 Å². The Morgan fingerprint density at radius 1 is 1.16 bits per heavy atom. The van der Waals surface area contributed by atoms with Gasteiger partial charge in [0.15, 0.2) is 10.7 Å². The molecule has 3 rings (SSSR count). The molecule has 0 saturated carbocycles. The molecule has 6 heteroatoms. The van der Waals surface area contributed by atoms with Crippen LogP contribution in [0.25, 0.3) is 0 Å². The number of carbonyl (C=O) groups is 1. The molecule has 0 saturated heterocycles. The van der Waals surface area contributed by atoms with Crippen molar-refractivity contribution in [3.8, 4) is 5.75 Å². The van der Waals surface area contributed by atoms with Crippen LogP contribution < -0.4 is 10.1 Å². The van der Waals surface area contributed by atoms with Crippen molar-refractivity contribution in [3.63, 3.8) is 0 Å². The summed E-state index contributed by atoms with van der Waals surface area (Å²) in [5.74, 6) is 0.209. The number of hydrogen-bond donors (Lipinski definition) is 1. The Bertz CT molecular complexity index is 936. The second-order valence-corrected chi connectivity index (χ2v) is 8.68. The minimum atomic E-state index is -3.91. The minimum absolute atomic E-state index is 0.146. The first-order valence-electron chi connectivity index (χ1n) is 8.07. The number of aryl methyl sites for hydroxylation is 1. The molecule has 25 heavy (non-hydrogen) atoms. The molecule has 132 valence electrons. The van der Waals surface area contributed by atoms with Crippen LogP contribution in [-0.4, -0.2) is 32.7 Å². The quantitative estimate of drug-likeness (QED) is 0.912. The molecule has 2 aromatic rings. The van der Waals surface area contributed by atoms with Crippen LogP contribution in [0.3, 0.4) is 0 Å². The highest BCUT2D eigenvalue weighted by molar-refractivity contribution is 7.93. The molecule has 0 aliphatic carbocycles. The van der Waals surface area contributed by atoms with Gasteiger partial charge in [0.05, 0.1) is 12.0 Å². The number of nitrogens with one attached hydrogen (secondary N) is 1. The summed E-state index contributed by atoms with van der Waals surface area (Å²) in [6, 6.07) is 11.8. The largest absolute Gasteiger partial charge is 0.497 e. The number of methoxy groups -OCH3 is 1. The third-order valence-electron chi connectivity index (χ3n) is 4.68. The molecule has 0 amide bonds. The van der Waals surface area contributed by atoms with Gasteiger partial charge in [-0.2, -0.15) is 0 Å². The van der Waals surface area contributed by atoms with Gasteiger partial charge in [0.1, 0.15) is 5.75 Å². The molecule has 1 N–H and O–H groups in total. The van der Waals surface area contributed by atoms with Crippen LogP contribution in [0.4, 0.5) is 0 Å². The van der Waals surface area contributed by atoms with Gasteiger partial charge in [0, 0.05) is 12.1 Å². The molecule has 5 nitrogen and oxygen atoms in total. The summed E-state index contributed by atoms with van der Waals surface area (Å²) in [5, 5.41) is 2.97. The third-order valence-corrected chi connectivity index (χ3v) is 6.96. The summed E-state index contributed by atoms with van der Waals surface area (Å²) in [6.07, 6.45) is 0.553. The standard InChI is InChI=1S/C19H21NO4S/c1-13-5-4-6-16(11-13)25(22,23)19(2)18(21)17-8-7-15(24-3)12-14(17)9-10-20-19/h4-8,11-12,20H,9-10H2,1-3H3. The molecule has 1 unspecified atom stereocenters. The Kier molecular flexibility index (Phi) is 4.43. The van der Waals surface area contributed by atoms with Gasteiger partial charge in [0.2, 0.25) is 9.84 Å². The number of benzene rings is 2. The predicted octanol–water partition coefficient (Wildman–Crippen LogP) is 2.52. The first kappa shape index (κ1) is 17.6. The van der Waals surface area contributed by atoms with Crippen molar-refractivity contribution in [1.29, 1.82) is 0 Å². The highest BCUT2D eigenvalue weighted by Crippen LogP contribution is 2.32. The van der Waals surface area contributed by atoms with E-state index in [0.717, 1.165) is 11.1 Å². The lowest BCUT2D eigenvalue weighted by molar-refractivity contribution is 0.0931. The van der Waals surface area contributed by atoms with Crippen LogP contribution in [-0.2, 0) is 16.3 Å². The second-order valence-electron chi connectivity index (χ2n) is 6.38. The van der Waals surface area contributed by atoms with E-state index >= 15 is 0 Å². The number of sulfone groups is 1. The molecule has 0 bridgehead atoms. The fourth-order valence-electron chi connectivity index (χ4n) is 3.13. The molecule has 0 fully saturated rings. The summed E-state index contributed by atoms with van der Waals surface area (Å²) in [7, 11) is -2.35. The Hall–Kier alpha value is -2.18. The summed E-state index contributed by atoms with van der Waals surface area (Å²) in [5.41, 5.74) is 2.04. The lowest BCUT2D eigenvalue weighted by Gasteiger charge is -2.28. The Morgan fingerprint density at radius 2 is 1.92 bits per heavy atom. The maximum Gasteiger partial charge on any atom is 0.204 e. The van der Waals surface area contributed by atoms with Crippen LogP contribution in [0.2, 0.25) is 0 Å². The van der Waals surface area contributed by atoms with Gasteiger partial charge in [-0.1, -0.05) is 12.1 Å². The maximum atomic E-state index is 13.2. The highest BCUT2D eigenvalue weighted by atomic mass is 32.2. The van der Waals surface area contributed by atoms with E-state index in [-0.39, 0.29) is 4.90 Å². The van der Waals surface area contributed by atoms with E-state index in [1.54, 1.807) is 37.4 Å². The molecular formula is C19H21NO4S. The molecule has 1 aliphatic heterocycles. The zero-order valence-corrected chi connectivity index (χ0v) is 15.3. The molecular weight excluding hydrogens is 338 g/mol. The molecule has 1 atom stereocenters. The number of Topliss-reactive ketones (excluding diaryl/α,β-unsaturated/α-hetero) is 1. The van der Waals surface area contributed by atoms with Crippen molar-refractivity contribution in [2.45, 2.75) is 30.0 Å². The average molecular weight is 359 g/mol. The van der Waals surface area contributed by atoms with E-state index < -0.39 is 20.5 Å². The smallest absolute Gasteiger partial charge is 0.204 e. The number of carbonyl (C=O) groups excluding carboxylic acids is 1. The van der Waals surface area contributed by atoms with Crippen molar-refractivity contribution in [2.24, 2.45) is 0 Å². The predicted molar refractivity (Wildman–Crippen MR) is 95.8 cm³/mol. The van der Waals surface area contributed by atoms with Crippen molar-refractivity contribution >= 4 is 15.6 Å². The van der Waals surface area contributed by atoms with Crippen LogP contribution in [0.1, 0.15) is 28.4 Å². The van der Waals surface area contributed by atoms with Crippen LogP contribution >= 0.6 is 0 Å². The zero-order chi connectivity index (χ0) is 18.2. The van der Waals surface area contributed by atoms with Gasteiger partial charge in [-0.15, -0.1) is 0 Å². The Labute approximate surface area is 147 Å². The maximum absolute atomic E-state index is 13.2. The highest BCUT2D eigenvalue weighted by Gasteiger charge is 2.48. The number of ketones is 1. The van der Waals surface area contributed by atoms with Gasteiger partial charge >= 0.3 is 0 Å². The van der Waals surface area contributed by atoms with Crippen molar-refractivity contribution in [2.75, 3.05) is 13.7 Å². The Morgan fingerprint density at radius 3 is 2.60 bits per heavy atom. The van der Waals surface area contributed by atoms with E-state index in [1.807, 2.05) is 13.0 Å². The van der Waals surface area contributed by atoms with Crippen LogP contribution in [0, 0.1) is 6.92 Å². The van der Waals surface area contributed by atoms with E-state index in [4.69, 9.17) is 4.74 Å². The first-order valence-corrected chi connectivity index (χ1v) is 9.56. The summed E-state index contributed by atoms with van der Waals surface area (Å²) < 4.78 is 31.7. The average Bonchev–Trinajstić information content (AvgIpc) is 2.72. The summed E-state index contributed by atoms with van der Waals surface area (Å²) >= 11 is 0. The lowest BCUT2D eigenvalue weighted by atomic mass is 9.99. The number of fused-ring (bicyclic) bond motifs is 1. The van der Waals surface area contributed by atoms with E-state index in [2.05, 4.69) is 5.32 Å². The number of rotatable bonds is 3. The van der Waals surface area contributed by atoms with Gasteiger partial charge < -0.3 is 4.74 Å². The lowest BCUT2D eigenvalue weighted by Crippen LogP contribution is -2.55. The van der Waals surface area contributed by atoms with E-state index in [9.17, 15) is 13.2 Å². The summed E-state index contributed by atoms with van der Waals surface area (Å²) in [4.78, 5) is 11.6. The molecule has 0 aromatic heterocycles. The molecule has 1 aliphatic rings. The van der Waals surface area contributed by atoms with E-state index in [1.165, 1.54) is 13.0 Å². The number of hydrogen-bond acceptors (Lipinski definition) is 5. The first-order chi connectivity index (χ1) is 11.8. The van der Waals surface area contributed by atoms with Crippen molar-refractivity contribution < 1.29 is 17.9 Å². The van der Waals surface area contributed by atoms with Gasteiger partial charge in [-0.25, -0.2) is 8.42 Å². The fraction of sp³-hybridized carbons (Fsp3) is 0.316.